The molecule has 2 aromatic rings. The maximum atomic E-state index is 5.15. The number of nitrogens with one attached hydrogen (secondary N) is 1. The van der Waals surface area contributed by atoms with E-state index in [-0.39, 0.29) is 0 Å². The fraction of sp³-hybridized carbons (Fsp3) is 0.357. The van der Waals surface area contributed by atoms with Crippen LogP contribution in [0.3, 0.4) is 0 Å². The zero-order valence-electron chi connectivity index (χ0n) is 10.5. The lowest BCUT2D eigenvalue weighted by atomic mass is 10.0. The smallest absolute Gasteiger partial charge is 0.220 e. The van der Waals surface area contributed by atoms with Crippen LogP contribution in [0.4, 0.5) is 5.69 Å². The summed E-state index contributed by atoms with van der Waals surface area (Å²) in [5.41, 5.74) is 5.98. The quantitative estimate of drug-likeness (QED) is 0.860. The molecule has 4 heteroatoms. The molecule has 0 saturated heterocycles. The first-order valence-corrected chi connectivity index (χ1v) is 7.07. The zero-order chi connectivity index (χ0) is 12.4. The first-order chi connectivity index (χ1) is 8.85. The van der Waals surface area contributed by atoms with E-state index < -0.39 is 0 Å². The van der Waals surface area contributed by atoms with Gasteiger partial charge >= 0.3 is 0 Å². The summed E-state index contributed by atoms with van der Waals surface area (Å²) in [6, 6.07) is 8.00. The first-order valence-electron chi connectivity index (χ1n) is 6.30. The molecule has 1 N–H and O–H groups in total. The summed E-state index contributed by atoms with van der Waals surface area (Å²) in [4.78, 5) is 1.53. The molecule has 1 aliphatic carbocycles. The lowest BCUT2D eigenvalue weighted by Gasteiger charge is -2.04. The molecule has 1 aromatic heterocycles. The highest BCUT2D eigenvalue weighted by molar-refractivity contribution is 7.02. The van der Waals surface area contributed by atoms with Gasteiger partial charge in [-0.15, -0.1) is 5.43 Å². The second-order valence-corrected chi connectivity index (χ2v) is 5.61. The van der Waals surface area contributed by atoms with E-state index in [0.29, 0.717) is 0 Å². The van der Waals surface area contributed by atoms with E-state index in [1.54, 1.807) is 7.11 Å². The van der Waals surface area contributed by atoms with Gasteiger partial charge in [0.2, 0.25) is 6.20 Å². The van der Waals surface area contributed by atoms with E-state index in [2.05, 4.69) is 15.7 Å². The molecule has 0 saturated carbocycles. The summed E-state index contributed by atoms with van der Waals surface area (Å²) >= 11 is 1.81. The molecule has 1 heterocycles. The lowest BCUT2D eigenvalue weighted by molar-refractivity contribution is -0.570. The van der Waals surface area contributed by atoms with E-state index in [4.69, 9.17) is 4.74 Å². The number of aryl methyl sites for hydroxylation is 2. The molecule has 0 radical (unpaired) electrons. The zero-order valence-corrected chi connectivity index (χ0v) is 11.3. The fourth-order valence-corrected chi connectivity index (χ4v) is 3.35. The standard InChI is InChI=1S/C14H17N2OS/c1-17-13-8-6-12(7-9-13)15-16-10-11-4-2-3-5-14(11)18-16/h6-10,15H,2-5H2,1H3/q+1. The Bertz CT molecular complexity index is 510. The van der Waals surface area contributed by atoms with E-state index in [1.807, 2.05) is 35.8 Å². The maximum Gasteiger partial charge on any atom is 0.220 e. The molecule has 0 aliphatic heterocycles. The normalized spacial score (nSPS) is 14.1. The van der Waals surface area contributed by atoms with Crippen LogP contribution in [0, 0.1) is 0 Å². The summed E-state index contributed by atoms with van der Waals surface area (Å²) in [5, 5.41) is 0. The van der Waals surface area contributed by atoms with Crippen molar-refractivity contribution in [3.05, 3.63) is 40.9 Å². The van der Waals surface area contributed by atoms with Gasteiger partial charge in [0.05, 0.1) is 17.7 Å². The number of methoxy groups -OCH3 is 1. The first kappa shape index (κ1) is 11.5. The van der Waals surface area contributed by atoms with Crippen molar-refractivity contribution in [2.24, 2.45) is 0 Å². The Kier molecular flexibility index (Phi) is 3.19. The van der Waals surface area contributed by atoms with Gasteiger partial charge in [-0.1, -0.05) is 0 Å². The number of hydrogen-bond donors (Lipinski definition) is 1. The van der Waals surface area contributed by atoms with E-state index >= 15 is 0 Å². The minimum absolute atomic E-state index is 0.885. The molecule has 18 heavy (non-hydrogen) atoms. The molecule has 0 spiro atoms. The van der Waals surface area contributed by atoms with Crippen LogP contribution in [0.1, 0.15) is 23.3 Å². The fourth-order valence-electron chi connectivity index (χ4n) is 2.28. The summed E-state index contributed by atoms with van der Waals surface area (Å²) in [6.45, 7) is 0. The van der Waals surface area contributed by atoms with Crippen LogP contribution >= 0.6 is 11.5 Å². The van der Waals surface area contributed by atoms with Crippen molar-refractivity contribution in [1.29, 1.82) is 0 Å². The predicted molar refractivity (Wildman–Crippen MR) is 73.2 cm³/mol. The minimum Gasteiger partial charge on any atom is -0.497 e. The maximum absolute atomic E-state index is 5.15. The molecule has 0 unspecified atom stereocenters. The summed E-state index contributed by atoms with van der Waals surface area (Å²) < 4.78 is 7.26. The Balaban J connectivity index is 1.76. The van der Waals surface area contributed by atoms with Crippen LogP contribution < -0.4 is 14.2 Å². The van der Waals surface area contributed by atoms with Gasteiger partial charge in [0, 0.05) is 5.56 Å². The van der Waals surface area contributed by atoms with Crippen molar-refractivity contribution in [2.45, 2.75) is 25.7 Å². The molecule has 0 amide bonds. The molecule has 3 rings (SSSR count). The van der Waals surface area contributed by atoms with Gasteiger partial charge < -0.3 is 4.74 Å². The minimum atomic E-state index is 0.885. The van der Waals surface area contributed by atoms with Gasteiger partial charge in [0.1, 0.15) is 5.75 Å². The van der Waals surface area contributed by atoms with Crippen molar-refractivity contribution >= 4 is 17.2 Å². The number of ether oxygens (including phenoxy) is 1. The van der Waals surface area contributed by atoms with Crippen molar-refractivity contribution < 1.29 is 8.80 Å². The lowest BCUT2D eigenvalue weighted by Crippen LogP contribution is -2.37. The highest BCUT2D eigenvalue weighted by Crippen LogP contribution is 2.23. The van der Waals surface area contributed by atoms with Crippen LogP contribution in [-0.2, 0) is 12.8 Å². The SMILES string of the molecule is COc1ccc(N[n+]2cc3c(s2)CCCC3)cc1. The van der Waals surface area contributed by atoms with E-state index in [1.165, 1.54) is 36.1 Å². The Labute approximate surface area is 111 Å². The second kappa shape index (κ2) is 4.98. The number of rotatable bonds is 3. The average molecular weight is 261 g/mol. The van der Waals surface area contributed by atoms with Crippen molar-refractivity contribution in [3.63, 3.8) is 0 Å². The molecule has 0 atom stereocenters. The molecule has 94 valence electrons. The molecule has 3 nitrogen and oxygen atoms in total. The van der Waals surface area contributed by atoms with Gasteiger partial charge in [0.15, 0.2) is 11.5 Å². The summed E-state index contributed by atoms with van der Waals surface area (Å²) in [7, 11) is 1.69. The number of aromatic nitrogens is 1. The Hall–Kier alpha value is -1.55. The average Bonchev–Trinajstić information content (AvgIpc) is 2.82. The third kappa shape index (κ3) is 2.34. The summed E-state index contributed by atoms with van der Waals surface area (Å²) in [5.74, 6) is 0.885. The van der Waals surface area contributed by atoms with Gasteiger partial charge in [0.25, 0.3) is 0 Å². The molecule has 1 aliphatic rings. The number of anilines is 1. The Morgan fingerprint density at radius 1 is 1.17 bits per heavy atom. The molecule has 0 fully saturated rings. The molecule has 1 aromatic carbocycles. The second-order valence-electron chi connectivity index (χ2n) is 4.54. The summed E-state index contributed by atoms with van der Waals surface area (Å²) in [6.07, 6.45) is 7.34. The molecule has 0 bridgehead atoms. The monoisotopic (exact) mass is 261 g/mol. The van der Waals surface area contributed by atoms with Crippen LogP contribution in [0.2, 0.25) is 0 Å². The van der Waals surface area contributed by atoms with Gasteiger partial charge in [-0.3, -0.25) is 0 Å². The van der Waals surface area contributed by atoms with Crippen molar-refractivity contribution in [1.82, 2.24) is 0 Å². The Morgan fingerprint density at radius 2 is 1.94 bits per heavy atom. The third-order valence-corrected chi connectivity index (χ3v) is 4.35. The Morgan fingerprint density at radius 3 is 2.67 bits per heavy atom. The van der Waals surface area contributed by atoms with E-state index in [0.717, 1.165) is 11.4 Å². The van der Waals surface area contributed by atoms with Crippen LogP contribution in [0.25, 0.3) is 0 Å². The topological polar surface area (TPSA) is 25.1 Å². The molecular formula is C14H17N2OS+. The van der Waals surface area contributed by atoms with Crippen LogP contribution in [-0.4, -0.2) is 7.11 Å². The van der Waals surface area contributed by atoms with Gasteiger partial charge in [-0.05, 0) is 54.0 Å². The molecular weight excluding hydrogens is 244 g/mol. The third-order valence-electron chi connectivity index (χ3n) is 3.27. The highest BCUT2D eigenvalue weighted by atomic mass is 32.1. The van der Waals surface area contributed by atoms with E-state index in [9.17, 15) is 0 Å². The highest BCUT2D eigenvalue weighted by Gasteiger charge is 2.19. The van der Waals surface area contributed by atoms with Crippen molar-refractivity contribution in [2.75, 3.05) is 12.5 Å². The predicted octanol–water partition coefficient (Wildman–Crippen LogP) is 2.80. The number of hydrogen-bond acceptors (Lipinski definition) is 3. The number of nitrogens with zero attached hydrogens (tertiary/aromatic N) is 1. The van der Waals surface area contributed by atoms with Gasteiger partial charge in [-0.25, -0.2) is 0 Å². The van der Waals surface area contributed by atoms with Crippen LogP contribution in [0.5, 0.6) is 5.75 Å². The van der Waals surface area contributed by atoms with Crippen molar-refractivity contribution in [3.8, 4) is 5.75 Å². The van der Waals surface area contributed by atoms with Crippen LogP contribution in [0.15, 0.2) is 30.5 Å². The number of fused-ring (bicyclic) bond motifs is 1. The largest absolute Gasteiger partial charge is 0.497 e. The number of benzene rings is 1. The van der Waals surface area contributed by atoms with Gasteiger partial charge in [-0.2, -0.15) is 0 Å².